The summed E-state index contributed by atoms with van der Waals surface area (Å²) in [6.45, 7) is 9.84. The molecule has 0 radical (unpaired) electrons. The Kier molecular flexibility index (Phi) is 5.03. The van der Waals surface area contributed by atoms with Gasteiger partial charge in [-0.05, 0) is 41.6 Å². The number of hydrogen-bond donors (Lipinski definition) is 1. The Bertz CT molecular complexity index is 509. The fraction of sp³-hybridized carbons (Fsp3) is 0.529. The molecule has 104 valence electrons. The Balaban J connectivity index is 2.19. The molecular formula is C17H26N2. The van der Waals surface area contributed by atoms with Gasteiger partial charge < -0.3 is 9.88 Å². The standard InChI is InChI=1S/C17H26N2/c1-4-14(5-2)13-19-10-9-16-11-15(12-18-6-3)7-8-17(16)19/h7-11,14,18H,4-6,12-13H2,1-3H3. The molecule has 1 aromatic carbocycles. The minimum absolute atomic E-state index is 0.789. The maximum Gasteiger partial charge on any atom is 0.0480 e. The summed E-state index contributed by atoms with van der Waals surface area (Å²) in [5.74, 6) is 0.789. The molecule has 0 saturated heterocycles. The normalized spacial score (nSPS) is 11.6. The average Bonchev–Trinajstić information content (AvgIpc) is 2.84. The van der Waals surface area contributed by atoms with E-state index in [2.05, 4.69) is 61.1 Å². The smallest absolute Gasteiger partial charge is 0.0480 e. The third-order valence-corrected chi connectivity index (χ3v) is 4.02. The molecular weight excluding hydrogens is 232 g/mol. The molecule has 0 bridgehead atoms. The average molecular weight is 258 g/mol. The SMILES string of the molecule is CCNCc1ccc2c(ccn2CC(CC)CC)c1. The van der Waals surface area contributed by atoms with E-state index < -0.39 is 0 Å². The van der Waals surface area contributed by atoms with Gasteiger partial charge in [0.2, 0.25) is 0 Å². The van der Waals surface area contributed by atoms with Gasteiger partial charge in [-0.1, -0.05) is 39.7 Å². The van der Waals surface area contributed by atoms with Gasteiger partial charge in [-0.15, -0.1) is 0 Å². The second kappa shape index (κ2) is 6.76. The Labute approximate surface area is 116 Å². The molecule has 19 heavy (non-hydrogen) atoms. The molecule has 1 N–H and O–H groups in total. The van der Waals surface area contributed by atoms with Crippen LogP contribution in [0.5, 0.6) is 0 Å². The molecule has 1 aromatic heterocycles. The number of nitrogens with one attached hydrogen (secondary N) is 1. The molecule has 0 saturated carbocycles. The van der Waals surface area contributed by atoms with Crippen molar-refractivity contribution in [3.63, 3.8) is 0 Å². The summed E-state index contributed by atoms with van der Waals surface area (Å²) < 4.78 is 2.41. The monoisotopic (exact) mass is 258 g/mol. The summed E-state index contributed by atoms with van der Waals surface area (Å²) in [6, 6.07) is 9.06. The van der Waals surface area contributed by atoms with Gasteiger partial charge in [0.1, 0.15) is 0 Å². The number of hydrogen-bond acceptors (Lipinski definition) is 1. The zero-order chi connectivity index (χ0) is 13.7. The van der Waals surface area contributed by atoms with E-state index >= 15 is 0 Å². The molecule has 0 aliphatic carbocycles. The van der Waals surface area contributed by atoms with Crippen LogP contribution in [0, 0.1) is 5.92 Å². The van der Waals surface area contributed by atoms with E-state index in [0.29, 0.717) is 0 Å². The fourth-order valence-corrected chi connectivity index (χ4v) is 2.61. The van der Waals surface area contributed by atoms with Crippen molar-refractivity contribution in [2.45, 2.75) is 46.7 Å². The molecule has 2 aromatic rings. The van der Waals surface area contributed by atoms with E-state index in [1.807, 2.05) is 0 Å². The summed E-state index contributed by atoms with van der Waals surface area (Å²) in [5.41, 5.74) is 2.74. The molecule has 2 heteroatoms. The molecule has 0 atom stereocenters. The summed E-state index contributed by atoms with van der Waals surface area (Å²) in [6.07, 6.45) is 4.75. The first kappa shape index (κ1) is 14.1. The van der Waals surface area contributed by atoms with Gasteiger partial charge >= 0.3 is 0 Å². The molecule has 0 spiro atoms. The third kappa shape index (κ3) is 3.38. The van der Waals surface area contributed by atoms with E-state index in [0.717, 1.165) is 25.6 Å². The van der Waals surface area contributed by atoms with E-state index in [1.165, 1.54) is 29.3 Å². The maximum absolute atomic E-state index is 3.38. The second-order valence-corrected chi connectivity index (χ2v) is 5.32. The molecule has 0 fully saturated rings. The van der Waals surface area contributed by atoms with Crippen LogP contribution in [0.15, 0.2) is 30.5 Å². The number of aromatic nitrogens is 1. The van der Waals surface area contributed by atoms with Gasteiger partial charge in [0.15, 0.2) is 0 Å². The van der Waals surface area contributed by atoms with Crippen LogP contribution in [0.25, 0.3) is 10.9 Å². The van der Waals surface area contributed by atoms with E-state index in [-0.39, 0.29) is 0 Å². The summed E-state index contributed by atoms with van der Waals surface area (Å²) in [7, 11) is 0. The lowest BCUT2D eigenvalue weighted by Gasteiger charge is -2.14. The van der Waals surface area contributed by atoms with Crippen LogP contribution in [0.4, 0.5) is 0 Å². The zero-order valence-corrected chi connectivity index (χ0v) is 12.4. The quantitative estimate of drug-likeness (QED) is 0.788. The first-order valence-electron chi connectivity index (χ1n) is 7.56. The highest BCUT2D eigenvalue weighted by Gasteiger charge is 2.07. The van der Waals surface area contributed by atoms with Gasteiger partial charge in [0.25, 0.3) is 0 Å². The Morgan fingerprint density at radius 3 is 2.58 bits per heavy atom. The van der Waals surface area contributed by atoms with E-state index in [4.69, 9.17) is 0 Å². The van der Waals surface area contributed by atoms with Crippen LogP contribution in [-0.2, 0) is 13.1 Å². The van der Waals surface area contributed by atoms with Crippen molar-refractivity contribution in [1.82, 2.24) is 9.88 Å². The van der Waals surface area contributed by atoms with Crippen LogP contribution in [0.2, 0.25) is 0 Å². The minimum Gasteiger partial charge on any atom is -0.347 e. The summed E-state index contributed by atoms with van der Waals surface area (Å²) >= 11 is 0. The van der Waals surface area contributed by atoms with Gasteiger partial charge in [-0.2, -0.15) is 0 Å². The van der Waals surface area contributed by atoms with Gasteiger partial charge in [0, 0.05) is 24.8 Å². The zero-order valence-electron chi connectivity index (χ0n) is 12.4. The predicted molar refractivity (Wildman–Crippen MR) is 83.4 cm³/mol. The maximum atomic E-state index is 3.38. The van der Waals surface area contributed by atoms with E-state index in [9.17, 15) is 0 Å². The first-order chi connectivity index (χ1) is 9.28. The number of benzene rings is 1. The van der Waals surface area contributed by atoms with Crippen molar-refractivity contribution in [3.8, 4) is 0 Å². The number of rotatable bonds is 7. The van der Waals surface area contributed by atoms with Crippen LogP contribution in [0.1, 0.15) is 39.2 Å². The highest BCUT2D eigenvalue weighted by Crippen LogP contribution is 2.20. The number of nitrogens with zero attached hydrogens (tertiary/aromatic N) is 1. The van der Waals surface area contributed by atoms with Crippen molar-refractivity contribution >= 4 is 10.9 Å². The fourth-order valence-electron chi connectivity index (χ4n) is 2.61. The van der Waals surface area contributed by atoms with Crippen molar-refractivity contribution in [3.05, 3.63) is 36.0 Å². The van der Waals surface area contributed by atoms with Gasteiger partial charge in [-0.3, -0.25) is 0 Å². The Morgan fingerprint density at radius 1 is 1.11 bits per heavy atom. The van der Waals surface area contributed by atoms with Gasteiger partial charge in [-0.25, -0.2) is 0 Å². The largest absolute Gasteiger partial charge is 0.347 e. The van der Waals surface area contributed by atoms with Crippen LogP contribution in [-0.4, -0.2) is 11.1 Å². The Hall–Kier alpha value is -1.28. The molecule has 0 aliphatic rings. The van der Waals surface area contributed by atoms with Gasteiger partial charge in [0.05, 0.1) is 0 Å². The highest BCUT2D eigenvalue weighted by molar-refractivity contribution is 5.80. The lowest BCUT2D eigenvalue weighted by atomic mass is 10.0. The molecule has 0 unspecified atom stereocenters. The van der Waals surface area contributed by atoms with Crippen LogP contribution < -0.4 is 5.32 Å². The summed E-state index contributed by atoms with van der Waals surface area (Å²) in [4.78, 5) is 0. The lowest BCUT2D eigenvalue weighted by Crippen LogP contribution is -2.11. The predicted octanol–water partition coefficient (Wildman–Crippen LogP) is 4.19. The second-order valence-electron chi connectivity index (χ2n) is 5.32. The van der Waals surface area contributed by atoms with Crippen LogP contribution in [0.3, 0.4) is 0 Å². The molecule has 1 heterocycles. The number of fused-ring (bicyclic) bond motifs is 1. The lowest BCUT2D eigenvalue weighted by molar-refractivity contribution is 0.425. The topological polar surface area (TPSA) is 17.0 Å². The van der Waals surface area contributed by atoms with Crippen molar-refractivity contribution in [1.29, 1.82) is 0 Å². The molecule has 2 rings (SSSR count). The van der Waals surface area contributed by atoms with E-state index in [1.54, 1.807) is 0 Å². The highest BCUT2D eigenvalue weighted by atomic mass is 15.0. The van der Waals surface area contributed by atoms with Crippen LogP contribution >= 0.6 is 0 Å². The summed E-state index contributed by atoms with van der Waals surface area (Å²) in [5, 5.41) is 4.74. The molecule has 0 aliphatic heterocycles. The minimum atomic E-state index is 0.789. The Morgan fingerprint density at radius 2 is 1.89 bits per heavy atom. The van der Waals surface area contributed by atoms with Crippen molar-refractivity contribution in [2.24, 2.45) is 5.92 Å². The first-order valence-corrected chi connectivity index (χ1v) is 7.56. The van der Waals surface area contributed by atoms with Crippen molar-refractivity contribution in [2.75, 3.05) is 6.54 Å². The third-order valence-electron chi connectivity index (χ3n) is 4.02. The van der Waals surface area contributed by atoms with Crippen molar-refractivity contribution < 1.29 is 0 Å². The molecule has 2 nitrogen and oxygen atoms in total. The molecule has 0 amide bonds.